The topological polar surface area (TPSA) is 41.6 Å². The molecule has 0 aromatic carbocycles. The molecule has 0 saturated carbocycles. The lowest BCUT2D eigenvalue weighted by Gasteiger charge is -2.25. The van der Waals surface area contributed by atoms with E-state index in [-0.39, 0.29) is 0 Å². The van der Waals surface area contributed by atoms with Crippen molar-refractivity contribution >= 4 is 5.91 Å². The first-order valence-electron chi connectivity index (χ1n) is 5.32. The molecular formula is C10H20N2O2. The predicted molar refractivity (Wildman–Crippen MR) is 55.2 cm³/mol. The summed E-state index contributed by atoms with van der Waals surface area (Å²) in [5, 5.41) is 3.30. The maximum absolute atomic E-state index is 11.6. The molecule has 1 rings (SSSR count). The van der Waals surface area contributed by atoms with Gasteiger partial charge in [0.05, 0.1) is 0 Å². The molecule has 1 fully saturated rings. The summed E-state index contributed by atoms with van der Waals surface area (Å²) >= 11 is 0. The predicted octanol–water partition coefficient (Wildman–Crippen LogP) is 0.235. The van der Waals surface area contributed by atoms with Gasteiger partial charge in [-0.1, -0.05) is 0 Å². The molecule has 1 N–H and O–H groups in total. The van der Waals surface area contributed by atoms with E-state index < -0.39 is 0 Å². The van der Waals surface area contributed by atoms with E-state index in [0.29, 0.717) is 12.3 Å². The third kappa shape index (κ3) is 4.07. The Morgan fingerprint density at radius 1 is 1.50 bits per heavy atom. The summed E-state index contributed by atoms with van der Waals surface area (Å²) < 4.78 is 4.97. The lowest BCUT2D eigenvalue weighted by molar-refractivity contribution is -0.131. The fraction of sp³-hybridized carbons (Fsp3) is 0.900. The molecule has 82 valence electrons. The Morgan fingerprint density at radius 2 is 2.36 bits per heavy atom. The number of ether oxygens (including phenoxy) is 1. The molecule has 0 aromatic rings. The molecule has 0 aromatic heterocycles. The van der Waals surface area contributed by atoms with Crippen LogP contribution in [-0.2, 0) is 9.53 Å². The summed E-state index contributed by atoms with van der Waals surface area (Å²) in [5.41, 5.74) is 0. The fourth-order valence-electron chi connectivity index (χ4n) is 1.62. The Labute approximate surface area is 85.6 Å². The zero-order valence-corrected chi connectivity index (χ0v) is 8.92. The summed E-state index contributed by atoms with van der Waals surface area (Å²) in [4.78, 5) is 13.6. The summed E-state index contributed by atoms with van der Waals surface area (Å²) in [7, 11) is 1.69. The smallest absolute Gasteiger partial charge is 0.222 e. The van der Waals surface area contributed by atoms with Gasteiger partial charge in [0.2, 0.25) is 5.91 Å². The molecule has 0 aliphatic carbocycles. The van der Waals surface area contributed by atoms with Gasteiger partial charge in [0, 0.05) is 39.8 Å². The minimum absolute atomic E-state index is 0.294. The van der Waals surface area contributed by atoms with Crippen LogP contribution in [0.15, 0.2) is 0 Å². The van der Waals surface area contributed by atoms with Crippen molar-refractivity contribution in [1.29, 1.82) is 0 Å². The molecule has 0 spiro atoms. The normalized spacial score (nSPS) is 19.2. The number of nitrogens with one attached hydrogen (secondary N) is 1. The highest BCUT2D eigenvalue weighted by atomic mass is 16.5. The van der Waals surface area contributed by atoms with Crippen molar-refractivity contribution in [2.75, 3.05) is 39.9 Å². The number of nitrogens with zero attached hydrogens (tertiary/aromatic N) is 1. The van der Waals surface area contributed by atoms with Crippen molar-refractivity contribution in [3.63, 3.8) is 0 Å². The molecule has 0 unspecified atom stereocenters. The lowest BCUT2D eigenvalue weighted by atomic mass is 10.2. The highest BCUT2D eigenvalue weighted by Crippen LogP contribution is 2.01. The third-order valence-electron chi connectivity index (χ3n) is 2.43. The van der Waals surface area contributed by atoms with Gasteiger partial charge in [-0.05, 0) is 19.4 Å². The molecular weight excluding hydrogens is 180 g/mol. The Bertz CT molecular complexity index is 174. The van der Waals surface area contributed by atoms with Crippen LogP contribution in [0, 0.1) is 0 Å². The Balaban J connectivity index is 2.26. The van der Waals surface area contributed by atoms with Crippen LogP contribution in [0.2, 0.25) is 0 Å². The van der Waals surface area contributed by atoms with Crippen LogP contribution in [0.1, 0.15) is 19.3 Å². The van der Waals surface area contributed by atoms with E-state index in [4.69, 9.17) is 4.74 Å². The van der Waals surface area contributed by atoms with Crippen molar-refractivity contribution in [3.8, 4) is 0 Å². The largest absolute Gasteiger partial charge is 0.385 e. The van der Waals surface area contributed by atoms with Gasteiger partial charge >= 0.3 is 0 Å². The lowest BCUT2D eigenvalue weighted by Crippen LogP contribution is -2.40. The summed E-state index contributed by atoms with van der Waals surface area (Å²) in [5.74, 6) is 0.294. The zero-order valence-electron chi connectivity index (χ0n) is 8.92. The molecule has 0 radical (unpaired) electrons. The van der Waals surface area contributed by atoms with Gasteiger partial charge in [0.1, 0.15) is 0 Å². The number of methoxy groups -OCH3 is 1. The molecule has 14 heavy (non-hydrogen) atoms. The average molecular weight is 200 g/mol. The van der Waals surface area contributed by atoms with Crippen LogP contribution in [0.4, 0.5) is 0 Å². The first-order valence-corrected chi connectivity index (χ1v) is 5.32. The van der Waals surface area contributed by atoms with Gasteiger partial charge in [-0.25, -0.2) is 0 Å². The van der Waals surface area contributed by atoms with Crippen LogP contribution >= 0.6 is 0 Å². The summed E-state index contributed by atoms with van der Waals surface area (Å²) in [6, 6.07) is 0. The van der Waals surface area contributed by atoms with Gasteiger partial charge in [0.15, 0.2) is 0 Å². The molecule has 1 amide bonds. The fourth-order valence-corrected chi connectivity index (χ4v) is 1.62. The number of rotatable bonds is 4. The van der Waals surface area contributed by atoms with Gasteiger partial charge in [-0.15, -0.1) is 0 Å². The van der Waals surface area contributed by atoms with Crippen LogP contribution < -0.4 is 5.32 Å². The number of hydrogen-bond donors (Lipinski definition) is 1. The van der Waals surface area contributed by atoms with Crippen molar-refractivity contribution in [2.24, 2.45) is 0 Å². The first kappa shape index (κ1) is 11.5. The van der Waals surface area contributed by atoms with Crippen molar-refractivity contribution in [2.45, 2.75) is 19.3 Å². The van der Waals surface area contributed by atoms with Gasteiger partial charge in [0.25, 0.3) is 0 Å². The van der Waals surface area contributed by atoms with Crippen molar-refractivity contribution in [3.05, 3.63) is 0 Å². The molecule has 1 aliphatic heterocycles. The van der Waals surface area contributed by atoms with E-state index in [2.05, 4.69) is 5.32 Å². The monoisotopic (exact) mass is 200 g/mol. The second-order valence-electron chi connectivity index (χ2n) is 3.58. The minimum Gasteiger partial charge on any atom is -0.385 e. The van der Waals surface area contributed by atoms with Crippen molar-refractivity contribution in [1.82, 2.24) is 10.2 Å². The molecule has 0 bridgehead atoms. The van der Waals surface area contributed by atoms with E-state index in [0.717, 1.165) is 45.6 Å². The molecule has 4 nitrogen and oxygen atoms in total. The maximum Gasteiger partial charge on any atom is 0.222 e. The third-order valence-corrected chi connectivity index (χ3v) is 2.43. The van der Waals surface area contributed by atoms with Crippen LogP contribution in [-0.4, -0.2) is 50.7 Å². The van der Waals surface area contributed by atoms with E-state index in [9.17, 15) is 4.79 Å². The summed E-state index contributed by atoms with van der Waals surface area (Å²) in [6.45, 7) is 4.28. The minimum atomic E-state index is 0.294. The van der Waals surface area contributed by atoms with E-state index in [1.807, 2.05) is 4.90 Å². The van der Waals surface area contributed by atoms with E-state index in [1.165, 1.54) is 0 Å². The average Bonchev–Trinajstić information content (AvgIpc) is 2.17. The summed E-state index contributed by atoms with van der Waals surface area (Å²) in [6.07, 6.45) is 2.57. The second-order valence-corrected chi connectivity index (χ2v) is 3.58. The number of carbonyl (C=O) groups excluding carboxylic acids is 1. The Hall–Kier alpha value is -0.610. The number of carbonyl (C=O) groups is 1. The zero-order chi connectivity index (χ0) is 10.2. The van der Waals surface area contributed by atoms with Gasteiger partial charge < -0.3 is 15.0 Å². The van der Waals surface area contributed by atoms with Gasteiger partial charge in [-0.3, -0.25) is 4.79 Å². The first-order chi connectivity index (χ1) is 6.84. The standard InChI is InChI=1S/C10H20N2O2/c1-14-9-3-7-12-8-6-11-5-2-4-10(12)13/h11H,2-9H2,1H3. The molecule has 0 atom stereocenters. The van der Waals surface area contributed by atoms with E-state index >= 15 is 0 Å². The van der Waals surface area contributed by atoms with Crippen LogP contribution in [0.25, 0.3) is 0 Å². The SMILES string of the molecule is COCCCN1CCNCCCC1=O. The Morgan fingerprint density at radius 3 is 3.14 bits per heavy atom. The van der Waals surface area contributed by atoms with Gasteiger partial charge in [-0.2, -0.15) is 0 Å². The highest BCUT2D eigenvalue weighted by molar-refractivity contribution is 5.76. The second kappa shape index (κ2) is 6.79. The maximum atomic E-state index is 11.6. The molecule has 1 saturated heterocycles. The van der Waals surface area contributed by atoms with Crippen molar-refractivity contribution < 1.29 is 9.53 Å². The number of hydrogen-bond acceptors (Lipinski definition) is 3. The molecule has 1 heterocycles. The van der Waals surface area contributed by atoms with E-state index in [1.54, 1.807) is 7.11 Å². The highest BCUT2D eigenvalue weighted by Gasteiger charge is 2.14. The van der Waals surface area contributed by atoms with Crippen LogP contribution in [0.3, 0.4) is 0 Å². The molecule has 1 aliphatic rings. The number of amides is 1. The quantitative estimate of drug-likeness (QED) is 0.661. The Kier molecular flexibility index (Phi) is 5.56. The molecule has 4 heteroatoms. The van der Waals surface area contributed by atoms with Crippen LogP contribution in [0.5, 0.6) is 0 Å².